The maximum absolute atomic E-state index is 9.36. The van der Waals surface area contributed by atoms with E-state index >= 15 is 0 Å². The van der Waals surface area contributed by atoms with Gasteiger partial charge in [0.15, 0.2) is 11.5 Å². The summed E-state index contributed by atoms with van der Waals surface area (Å²) >= 11 is 0. The molecule has 1 heterocycles. The van der Waals surface area contributed by atoms with Gasteiger partial charge in [-0.2, -0.15) is 0 Å². The van der Waals surface area contributed by atoms with Crippen molar-refractivity contribution >= 4 is 0 Å². The number of phenols is 1. The molecule has 0 amide bonds. The maximum Gasteiger partial charge on any atom is 0.361 e. The number of hydrogen-bond donors (Lipinski definition) is 1. The molecule has 0 spiro atoms. The van der Waals surface area contributed by atoms with Crippen molar-refractivity contribution in [3.8, 4) is 17.2 Å². The van der Waals surface area contributed by atoms with E-state index in [1.54, 1.807) is 12.1 Å². The topological polar surface area (TPSA) is 47.9 Å². The largest absolute Gasteiger partial charge is 0.504 e. The first-order valence-electron chi connectivity index (χ1n) is 4.08. The zero-order chi connectivity index (χ0) is 9.26. The number of hydrogen-bond acceptors (Lipinski definition) is 4. The summed E-state index contributed by atoms with van der Waals surface area (Å²) < 4.78 is 15.5. The standard InChI is InChI=1S/C9H10O4/c1-2-11-9-12-7-5-3-4-6(10)8(7)13-9/h3-5,9-10H,2H2,1H3. The van der Waals surface area contributed by atoms with Crippen molar-refractivity contribution in [2.45, 2.75) is 13.4 Å². The van der Waals surface area contributed by atoms with Crippen molar-refractivity contribution in [1.82, 2.24) is 0 Å². The van der Waals surface area contributed by atoms with Gasteiger partial charge in [-0.15, -0.1) is 0 Å². The molecular weight excluding hydrogens is 172 g/mol. The van der Waals surface area contributed by atoms with E-state index in [0.29, 0.717) is 18.1 Å². The van der Waals surface area contributed by atoms with Crippen LogP contribution in [-0.2, 0) is 4.74 Å². The molecule has 0 saturated carbocycles. The van der Waals surface area contributed by atoms with Crippen LogP contribution < -0.4 is 9.47 Å². The van der Waals surface area contributed by atoms with Gasteiger partial charge in [0.05, 0.1) is 6.61 Å². The molecule has 13 heavy (non-hydrogen) atoms. The average Bonchev–Trinajstić information content (AvgIpc) is 2.49. The molecule has 1 aliphatic heterocycles. The summed E-state index contributed by atoms with van der Waals surface area (Å²) in [5.74, 6) is 0.930. The highest BCUT2D eigenvalue weighted by Crippen LogP contribution is 2.41. The zero-order valence-electron chi connectivity index (χ0n) is 7.19. The number of ether oxygens (including phenoxy) is 3. The van der Waals surface area contributed by atoms with Crippen LogP contribution in [0.3, 0.4) is 0 Å². The van der Waals surface area contributed by atoms with Gasteiger partial charge >= 0.3 is 6.48 Å². The van der Waals surface area contributed by atoms with Crippen LogP contribution in [0.2, 0.25) is 0 Å². The molecule has 1 unspecified atom stereocenters. The molecule has 0 aliphatic carbocycles. The molecule has 0 aromatic heterocycles. The Hall–Kier alpha value is -1.42. The van der Waals surface area contributed by atoms with Gasteiger partial charge in [0, 0.05) is 0 Å². The fraction of sp³-hybridized carbons (Fsp3) is 0.333. The second-order valence-electron chi connectivity index (χ2n) is 2.58. The maximum atomic E-state index is 9.36. The Morgan fingerprint density at radius 1 is 1.46 bits per heavy atom. The van der Waals surface area contributed by atoms with Crippen LogP contribution in [0, 0.1) is 0 Å². The van der Waals surface area contributed by atoms with Gasteiger partial charge in [0.2, 0.25) is 5.75 Å². The quantitative estimate of drug-likeness (QED) is 0.752. The molecule has 1 aromatic rings. The highest BCUT2D eigenvalue weighted by atomic mass is 16.9. The predicted octanol–water partition coefficient (Wildman–Crippen LogP) is 1.48. The van der Waals surface area contributed by atoms with E-state index in [9.17, 15) is 5.11 Å². The predicted molar refractivity (Wildman–Crippen MR) is 44.8 cm³/mol. The van der Waals surface area contributed by atoms with Gasteiger partial charge in [-0.05, 0) is 19.1 Å². The van der Waals surface area contributed by atoms with Gasteiger partial charge in [0.25, 0.3) is 0 Å². The Balaban J connectivity index is 2.20. The molecule has 2 rings (SSSR count). The van der Waals surface area contributed by atoms with Gasteiger partial charge < -0.3 is 19.3 Å². The van der Waals surface area contributed by atoms with E-state index in [-0.39, 0.29) is 5.75 Å². The average molecular weight is 182 g/mol. The van der Waals surface area contributed by atoms with E-state index in [0.717, 1.165) is 0 Å². The van der Waals surface area contributed by atoms with Crippen molar-refractivity contribution in [2.24, 2.45) is 0 Å². The first kappa shape index (κ1) is 8.19. The number of fused-ring (bicyclic) bond motifs is 1. The Bertz CT molecular complexity index is 310. The molecule has 1 N–H and O–H groups in total. The van der Waals surface area contributed by atoms with Crippen molar-refractivity contribution < 1.29 is 19.3 Å². The normalized spacial score (nSPS) is 19.0. The van der Waals surface area contributed by atoms with Crippen molar-refractivity contribution in [1.29, 1.82) is 0 Å². The van der Waals surface area contributed by atoms with Crippen LogP contribution in [0.25, 0.3) is 0 Å². The summed E-state index contributed by atoms with van der Waals surface area (Å²) in [6.07, 6.45) is 0. The van der Waals surface area contributed by atoms with E-state index < -0.39 is 6.48 Å². The minimum Gasteiger partial charge on any atom is -0.504 e. The SMILES string of the molecule is CCOC1Oc2cccc(O)c2O1. The third-order valence-electron chi connectivity index (χ3n) is 1.70. The highest BCUT2D eigenvalue weighted by Gasteiger charge is 2.26. The minimum atomic E-state index is -0.728. The Morgan fingerprint density at radius 3 is 3.00 bits per heavy atom. The number of para-hydroxylation sites is 1. The molecule has 0 saturated heterocycles. The molecule has 0 fully saturated rings. The zero-order valence-corrected chi connectivity index (χ0v) is 7.19. The molecule has 4 heteroatoms. The fourth-order valence-electron chi connectivity index (χ4n) is 1.14. The molecular formula is C9H10O4. The van der Waals surface area contributed by atoms with E-state index in [4.69, 9.17) is 14.2 Å². The van der Waals surface area contributed by atoms with Crippen molar-refractivity contribution in [3.05, 3.63) is 18.2 Å². The van der Waals surface area contributed by atoms with Gasteiger partial charge in [-0.3, -0.25) is 0 Å². The summed E-state index contributed by atoms with van der Waals surface area (Å²) in [6.45, 7) is 1.61. The number of benzene rings is 1. The Kier molecular flexibility index (Phi) is 1.98. The van der Waals surface area contributed by atoms with E-state index in [2.05, 4.69) is 0 Å². The van der Waals surface area contributed by atoms with Gasteiger partial charge in [0.1, 0.15) is 0 Å². The lowest BCUT2D eigenvalue weighted by molar-refractivity contribution is -0.173. The smallest absolute Gasteiger partial charge is 0.361 e. The van der Waals surface area contributed by atoms with E-state index in [1.165, 1.54) is 6.07 Å². The van der Waals surface area contributed by atoms with Crippen LogP contribution in [0.5, 0.6) is 17.2 Å². The second kappa shape index (κ2) is 3.14. The lowest BCUT2D eigenvalue weighted by Crippen LogP contribution is -2.21. The third kappa shape index (κ3) is 1.40. The van der Waals surface area contributed by atoms with Gasteiger partial charge in [-0.25, -0.2) is 0 Å². The lowest BCUT2D eigenvalue weighted by atomic mass is 10.3. The van der Waals surface area contributed by atoms with E-state index in [1.807, 2.05) is 6.92 Å². The highest BCUT2D eigenvalue weighted by molar-refractivity contribution is 5.51. The monoisotopic (exact) mass is 182 g/mol. The Labute approximate surface area is 75.7 Å². The number of rotatable bonds is 2. The molecule has 0 bridgehead atoms. The Morgan fingerprint density at radius 2 is 2.31 bits per heavy atom. The molecule has 1 atom stereocenters. The first-order chi connectivity index (χ1) is 6.31. The molecule has 1 aromatic carbocycles. The second-order valence-corrected chi connectivity index (χ2v) is 2.58. The minimum absolute atomic E-state index is 0.0692. The molecule has 1 aliphatic rings. The lowest BCUT2D eigenvalue weighted by Gasteiger charge is -2.08. The van der Waals surface area contributed by atoms with Crippen molar-refractivity contribution in [3.63, 3.8) is 0 Å². The van der Waals surface area contributed by atoms with Crippen molar-refractivity contribution in [2.75, 3.05) is 6.61 Å². The molecule has 4 nitrogen and oxygen atoms in total. The van der Waals surface area contributed by atoms with Crippen LogP contribution >= 0.6 is 0 Å². The summed E-state index contributed by atoms with van der Waals surface area (Å²) in [5.41, 5.74) is 0. The summed E-state index contributed by atoms with van der Waals surface area (Å²) in [4.78, 5) is 0. The molecule has 70 valence electrons. The van der Waals surface area contributed by atoms with Gasteiger partial charge in [-0.1, -0.05) is 6.07 Å². The first-order valence-corrected chi connectivity index (χ1v) is 4.08. The summed E-state index contributed by atoms with van der Waals surface area (Å²) in [6, 6.07) is 4.94. The summed E-state index contributed by atoms with van der Waals surface area (Å²) in [5, 5.41) is 9.36. The van der Waals surface area contributed by atoms with Crippen LogP contribution in [0.1, 0.15) is 6.92 Å². The number of phenolic OH excluding ortho intramolecular Hbond substituents is 1. The van der Waals surface area contributed by atoms with Crippen LogP contribution in [0.15, 0.2) is 18.2 Å². The van der Waals surface area contributed by atoms with Crippen LogP contribution in [0.4, 0.5) is 0 Å². The van der Waals surface area contributed by atoms with Crippen LogP contribution in [-0.4, -0.2) is 18.2 Å². The molecule has 0 radical (unpaired) electrons. The fourth-order valence-corrected chi connectivity index (χ4v) is 1.14. The third-order valence-corrected chi connectivity index (χ3v) is 1.70. The number of aromatic hydroxyl groups is 1. The summed E-state index contributed by atoms with van der Waals surface area (Å²) in [7, 11) is 0.